The zero-order valence-corrected chi connectivity index (χ0v) is 14.3. The molecule has 0 unspecified atom stereocenters. The number of benzene rings is 2. The quantitative estimate of drug-likeness (QED) is 0.684. The molecule has 0 aliphatic rings. The summed E-state index contributed by atoms with van der Waals surface area (Å²) in [4.78, 5) is 17.4. The average molecular weight is 363 g/mol. The molecular formula is C17H12Cl2N2OS. The minimum atomic E-state index is -0.208. The van der Waals surface area contributed by atoms with Crippen LogP contribution in [0.15, 0.2) is 54.7 Å². The number of halogens is 2. The molecule has 1 amide bonds. The van der Waals surface area contributed by atoms with Crippen molar-refractivity contribution in [3.63, 3.8) is 0 Å². The van der Waals surface area contributed by atoms with E-state index in [2.05, 4.69) is 10.3 Å². The fraction of sp³-hybridized carbons (Fsp3) is 0.0588. The minimum Gasteiger partial charge on any atom is -0.298 e. The molecule has 6 heteroatoms. The van der Waals surface area contributed by atoms with Crippen molar-refractivity contribution in [2.45, 2.75) is 6.42 Å². The van der Waals surface area contributed by atoms with Gasteiger partial charge in [0.15, 0.2) is 5.13 Å². The number of carbonyl (C=O) groups excluding carboxylic acids is 1. The molecule has 0 atom stereocenters. The van der Waals surface area contributed by atoms with Gasteiger partial charge in [0.1, 0.15) is 0 Å². The highest BCUT2D eigenvalue weighted by Gasteiger charge is 2.10. The van der Waals surface area contributed by atoms with Gasteiger partial charge >= 0.3 is 0 Å². The highest BCUT2D eigenvalue weighted by atomic mass is 35.5. The van der Waals surface area contributed by atoms with E-state index in [-0.39, 0.29) is 5.91 Å². The molecule has 3 nitrogen and oxygen atoms in total. The molecule has 1 N–H and O–H groups in total. The van der Waals surface area contributed by atoms with E-state index in [1.54, 1.807) is 30.5 Å². The number of anilines is 1. The van der Waals surface area contributed by atoms with Crippen LogP contribution in [-0.2, 0) is 6.42 Å². The number of amides is 1. The number of hydrogen-bond acceptors (Lipinski definition) is 3. The van der Waals surface area contributed by atoms with E-state index in [9.17, 15) is 4.79 Å². The summed E-state index contributed by atoms with van der Waals surface area (Å²) in [6.07, 6.45) is 2.44. The van der Waals surface area contributed by atoms with Crippen molar-refractivity contribution in [3.8, 4) is 0 Å². The first-order valence-electron chi connectivity index (χ1n) is 6.87. The molecule has 0 saturated heterocycles. The van der Waals surface area contributed by atoms with Crippen molar-refractivity contribution in [1.82, 2.24) is 4.98 Å². The van der Waals surface area contributed by atoms with Crippen LogP contribution >= 0.6 is 34.5 Å². The van der Waals surface area contributed by atoms with E-state index in [0.29, 0.717) is 22.1 Å². The zero-order chi connectivity index (χ0) is 16.2. The Morgan fingerprint density at radius 2 is 1.83 bits per heavy atom. The summed E-state index contributed by atoms with van der Waals surface area (Å²) in [5, 5.41) is 4.68. The van der Waals surface area contributed by atoms with Gasteiger partial charge in [0.2, 0.25) is 0 Å². The molecule has 116 valence electrons. The Balaban J connectivity index is 1.68. The second-order valence-corrected chi connectivity index (χ2v) is 6.82. The smallest absolute Gasteiger partial charge is 0.257 e. The van der Waals surface area contributed by atoms with Crippen molar-refractivity contribution >= 4 is 45.6 Å². The lowest BCUT2D eigenvalue weighted by atomic mass is 10.1. The number of nitrogens with zero attached hydrogens (tertiary/aromatic N) is 1. The molecule has 1 heterocycles. The maximum atomic E-state index is 12.1. The molecule has 0 radical (unpaired) electrons. The molecule has 3 rings (SSSR count). The normalized spacial score (nSPS) is 10.5. The summed E-state index contributed by atoms with van der Waals surface area (Å²) in [6, 6.07) is 14.4. The van der Waals surface area contributed by atoms with E-state index in [0.717, 1.165) is 15.5 Å². The summed E-state index contributed by atoms with van der Waals surface area (Å²) >= 11 is 13.4. The van der Waals surface area contributed by atoms with Crippen molar-refractivity contribution in [3.05, 3.63) is 80.8 Å². The van der Waals surface area contributed by atoms with Gasteiger partial charge in [0, 0.05) is 33.1 Å². The van der Waals surface area contributed by atoms with Gasteiger partial charge in [-0.15, -0.1) is 11.3 Å². The highest BCUT2D eigenvalue weighted by Crippen LogP contribution is 2.25. The van der Waals surface area contributed by atoms with Gasteiger partial charge in [-0.05, 0) is 35.9 Å². The van der Waals surface area contributed by atoms with Crippen molar-refractivity contribution in [1.29, 1.82) is 0 Å². The lowest BCUT2D eigenvalue weighted by molar-refractivity contribution is 0.102. The van der Waals surface area contributed by atoms with Gasteiger partial charge in [-0.2, -0.15) is 0 Å². The molecule has 0 bridgehead atoms. The average Bonchev–Trinajstić information content (AvgIpc) is 2.97. The predicted octanol–water partition coefficient (Wildman–Crippen LogP) is 5.29. The molecule has 3 aromatic rings. The van der Waals surface area contributed by atoms with Crippen molar-refractivity contribution in [2.24, 2.45) is 0 Å². The van der Waals surface area contributed by atoms with Crippen LogP contribution in [-0.4, -0.2) is 10.9 Å². The topological polar surface area (TPSA) is 42.0 Å². The minimum absolute atomic E-state index is 0.208. The first-order chi connectivity index (χ1) is 11.1. The monoisotopic (exact) mass is 362 g/mol. The molecule has 0 spiro atoms. The second kappa shape index (κ2) is 7.13. The third kappa shape index (κ3) is 4.10. The Morgan fingerprint density at radius 1 is 1.09 bits per heavy atom. The van der Waals surface area contributed by atoms with E-state index >= 15 is 0 Å². The number of carbonyl (C=O) groups is 1. The molecule has 23 heavy (non-hydrogen) atoms. The van der Waals surface area contributed by atoms with E-state index in [1.807, 2.05) is 24.3 Å². The summed E-state index contributed by atoms with van der Waals surface area (Å²) in [5.41, 5.74) is 1.57. The van der Waals surface area contributed by atoms with Gasteiger partial charge < -0.3 is 0 Å². The van der Waals surface area contributed by atoms with Crippen molar-refractivity contribution in [2.75, 3.05) is 5.32 Å². The summed E-state index contributed by atoms with van der Waals surface area (Å²) < 4.78 is 0. The zero-order valence-electron chi connectivity index (χ0n) is 11.9. The maximum Gasteiger partial charge on any atom is 0.257 e. The van der Waals surface area contributed by atoms with Crippen LogP contribution in [0.4, 0.5) is 5.13 Å². The SMILES string of the molecule is O=C(Nc1ncc(Cc2ccccc2Cl)s1)c1ccc(Cl)cc1. The largest absolute Gasteiger partial charge is 0.298 e. The van der Waals surface area contributed by atoms with E-state index < -0.39 is 0 Å². The Bertz CT molecular complexity index is 831. The predicted molar refractivity (Wildman–Crippen MR) is 95.8 cm³/mol. The van der Waals surface area contributed by atoms with Gasteiger partial charge in [0.25, 0.3) is 5.91 Å². The van der Waals surface area contributed by atoms with Crippen LogP contribution in [0.2, 0.25) is 10.0 Å². The second-order valence-electron chi connectivity index (χ2n) is 4.86. The fourth-order valence-corrected chi connectivity index (χ4v) is 3.21. The van der Waals surface area contributed by atoms with Gasteiger partial charge in [0.05, 0.1) is 0 Å². The number of nitrogens with one attached hydrogen (secondary N) is 1. The summed E-state index contributed by atoms with van der Waals surface area (Å²) in [5.74, 6) is -0.208. The molecule has 1 aromatic heterocycles. The number of thiazole rings is 1. The lowest BCUT2D eigenvalue weighted by Crippen LogP contribution is -2.11. The highest BCUT2D eigenvalue weighted by molar-refractivity contribution is 7.15. The maximum absolute atomic E-state index is 12.1. The molecule has 0 saturated carbocycles. The number of aromatic nitrogens is 1. The molecule has 2 aromatic carbocycles. The first kappa shape index (κ1) is 16.0. The summed E-state index contributed by atoms with van der Waals surface area (Å²) in [7, 11) is 0. The van der Waals surface area contributed by atoms with Gasteiger partial charge in [-0.25, -0.2) is 4.98 Å². The first-order valence-corrected chi connectivity index (χ1v) is 8.44. The fourth-order valence-electron chi connectivity index (χ4n) is 2.05. The molecular weight excluding hydrogens is 351 g/mol. The molecule has 0 aliphatic heterocycles. The Hall–Kier alpha value is -1.88. The van der Waals surface area contributed by atoms with Crippen molar-refractivity contribution < 1.29 is 4.79 Å². The number of rotatable bonds is 4. The lowest BCUT2D eigenvalue weighted by Gasteiger charge is -2.02. The Labute approximate surface area is 147 Å². The molecule has 0 fully saturated rings. The van der Waals surface area contributed by atoms with Crippen LogP contribution < -0.4 is 5.32 Å². The third-order valence-electron chi connectivity index (χ3n) is 3.20. The van der Waals surface area contributed by atoms with Crippen LogP contribution in [0.3, 0.4) is 0 Å². The van der Waals surface area contributed by atoms with E-state index in [4.69, 9.17) is 23.2 Å². The van der Waals surface area contributed by atoms with Crippen LogP contribution in [0, 0.1) is 0 Å². The number of hydrogen-bond donors (Lipinski definition) is 1. The van der Waals surface area contributed by atoms with E-state index in [1.165, 1.54) is 11.3 Å². The molecule has 0 aliphatic carbocycles. The third-order valence-corrected chi connectivity index (χ3v) is 4.74. The summed E-state index contributed by atoms with van der Waals surface area (Å²) in [6.45, 7) is 0. The van der Waals surface area contributed by atoms with Crippen LogP contribution in [0.1, 0.15) is 20.8 Å². The Morgan fingerprint density at radius 3 is 2.57 bits per heavy atom. The van der Waals surface area contributed by atoms with Crippen LogP contribution in [0.5, 0.6) is 0 Å². The van der Waals surface area contributed by atoms with Gasteiger partial charge in [-0.1, -0.05) is 41.4 Å². The standard InChI is InChI=1S/C17H12Cl2N2OS/c18-13-7-5-11(6-8-13)16(22)21-17-20-10-14(23-17)9-12-3-1-2-4-15(12)19/h1-8,10H,9H2,(H,20,21,22). The van der Waals surface area contributed by atoms with Crippen LogP contribution in [0.25, 0.3) is 0 Å². The Kier molecular flexibility index (Phi) is 4.96. The van der Waals surface area contributed by atoms with Gasteiger partial charge in [-0.3, -0.25) is 10.1 Å².